The molecule has 0 radical (unpaired) electrons. The molecule has 0 aromatic heterocycles. The third-order valence-corrected chi connectivity index (χ3v) is 5.28. The summed E-state index contributed by atoms with van der Waals surface area (Å²) in [4.78, 5) is 38.2. The number of hydrogen-bond acceptors (Lipinski definition) is 5. The number of imide groups is 1. The Bertz CT molecular complexity index is 818. The molecule has 3 atom stereocenters. The Labute approximate surface area is 157 Å². The van der Waals surface area contributed by atoms with Crippen LogP contribution < -0.4 is 15.4 Å². The average molecular weight is 370 g/mol. The highest BCUT2D eigenvalue weighted by Crippen LogP contribution is 2.30. The van der Waals surface area contributed by atoms with Crippen molar-refractivity contribution in [2.24, 2.45) is 5.92 Å². The minimum atomic E-state index is -1.02. The minimum absolute atomic E-state index is 0.180. The number of carbonyl (C=O) groups is 3. The van der Waals surface area contributed by atoms with Crippen molar-refractivity contribution >= 4 is 17.8 Å². The first kappa shape index (κ1) is 18.7. The number of nitrogens with one attached hydrogen (secondary N) is 2. The molecule has 142 valence electrons. The van der Waals surface area contributed by atoms with Gasteiger partial charge in [0.1, 0.15) is 17.4 Å². The van der Waals surface area contributed by atoms with Gasteiger partial charge in [0.15, 0.2) is 6.10 Å². The highest BCUT2D eigenvalue weighted by atomic mass is 16.5. The van der Waals surface area contributed by atoms with Crippen molar-refractivity contribution in [3.63, 3.8) is 0 Å². The predicted octanol–water partition coefficient (Wildman–Crippen LogP) is 1.16. The first-order valence-corrected chi connectivity index (χ1v) is 8.93. The molecular formula is C19H22N4O4. The maximum atomic E-state index is 12.8. The van der Waals surface area contributed by atoms with E-state index in [4.69, 9.17) is 10.00 Å². The van der Waals surface area contributed by atoms with Gasteiger partial charge in [-0.2, -0.15) is 5.26 Å². The summed E-state index contributed by atoms with van der Waals surface area (Å²) in [5.74, 6) is -0.385. The van der Waals surface area contributed by atoms with Crippen LogP contribution in [0.25, 0.3) is 0 Å². The van der Waals surface area contributed by atoms with E-state index >= 15 is 0 Å². The normalized spacial score (nSPS) is 26.0. The van der Waals surface area contributed by atoms with Crippen LogP contribution in [0.5, 0.6) is 5.75 Å². The number of urea groups is 1. The molecule has 0 aliphatic carbocycles. The van der Waals surface area contributed by atoms with E-state index in [0.29, 0.717) is 24.4 Å². The molecule has 2 aliphatic rings. The molecule has 2 aliphatic heterocycles. The van der Waals surface area contributed by atoms with Crippen LogP contribution in [-0.4, -0.2) is 47.5 Å². The van der Waals surface area contributed by atoms with E-state index in [1.54, 1.807) is 43.0 Å². The number of hydrogen-bond donors (Lipinski definition) is 2. The first-order valence-electron chi connectivity index (χ1n) is 8.93. The van der Waals surface area contributed by atoms with Crippen molar-refractivity contribution in [2.45, 2.75) is 38.3 Å². The summed E-state index contributed by atoms with van der Waals surface area (Å²) in [6.45, 7) is 4.26. The van der Waals surface area contributed by atoms with Gasteiger partial charge in [0.25, 0.3) is 11.8 Å². The van der Waals surface area contributed by atoms with Gasteiger partial charge in [-0.1, -0.05) is 12.1 Å². The quantitative estimate of drug-likeness (QED) is 0.773. The van der Waals surface area contributed by atoms with E-state index in [1.807, 2.05) is 6.07 Å². The molecule has 2 saturated heterocycles. The van der Waals surface area contributed by atoms with E-state index < -0.39 is 17.7 Å². The second-order valence-corrected chi connectivity index (χ2v) is 7.10. The molecule has 0 saturated carbocycles. The van der Waals surface area contributed by atoms with Crippen LogP contribution in [-0.2, 0) is 9.59 Å². The summed E-state index contributed by atoms with van der Waals surface area (Å²) in [6, 6.07) is 8.30. The van der Waals surface area contributed by atoms with E-state index in [2.05, 4.69) is 10.6 Å². The highest BCUT2D eigenvalue weighted by molar-refractivity contribution is 6.07. The maximum Gasteiger partial charge on any atom is 0.322 e. The zero-order chi connectivity index (χ0) is 19.6. The first-order chi connectivity index (χ1) is 12.8. The van der Waals surface area contributed by atoms with Crippen LogP contribution in [0.3, 0.4) is 0 Å². The minimum Gasteiger partial charge on any atom is -0.480 e. The van der Waals surface area contributed by atoms with Gasteiger partial charge < -0.3 is 15.0 Å². The van der Waals surface area contributed by atoms with Crippen molar-refractivity contribution in [2.75, 3.05) is 13.1 Å². The number of carbonyl (C=O) groups excluding carboxylic acids is 3. The number of nitriles is 1. The summed E-state index contributed by atoms with van der Waals surface area (Å²) in [6.07, 6.45) is 0.704. The molecule has 0 bridgehead atoms. The Morgan fingerprint density at radius 1 is 1.41 bits per heavy atom. The number of rotatable bonds is 4. The number of piperidine rings is 1. The van der Waals surface area contributed by atoms with E-state index in [9.17, 15) is 14.4 Å². The van der Waals surface area contributed by atoms with E-state index in [-0.39, 0.29) is 17.7 Å². The Morgan fingerprint density at radius 2 is 2.15 bits per heavy atom. The lowest BCUT2D eigenvalue weighted by molar-refractivity contribution is -0.141. The zero-order valence-corrected chi connectivity index (χ0v) is 15.3. The molecule has 1 aromatic rings. The Balaban J connectivity index is 1.69. The highest BCUT2D eigenvalue weighted by Gasteiger charge is 2.49. The lowest BCUT2D eigenvalue weighted by Gasteiger charge is -2.40. The Kier molecular flexibility index (Phi) is 5.04. The van der Waals surface area contributed by atoms with Crippen LogP contribution in [0.4, 0.5) is 4.79 Å². The van der Waals surface area contributed by atoms with Crippen LogP contribution >= 0.6 is 0 Å². The van der Waals surface area contributed by atoms with Gasteiger partial charge in [0, 0.05) is 19.0 Å². The number of ether oxygens (including phenoxy) is 1. The van der Waals surface area contributed by atoms with Crippen LogP contribution in [0, 0.1) is 17.2 Å². The topological polar surface area (TPSA) is 112 Å². The van der Waals surface area contributed by atoms with Gasteiger partial charge >= 0.3 is 6.03 Å². The van der Waals surface area contributed by atoms with Gasteiger partial charge in [-0.25, -0.2) is 4.79 Å². The molecule has 1 aromatic carbocycles. The summed E-state index contributed by atoms with van der Waals surface area (Å²) in [5, 5.41) is 14.1. The molecule has 2 heterocycles. The summed E-state index contributed by atoms with van der Waals surface area (Å²) < 4.78 is 5.71. The van der Waals surface area contributed by atoms with Gasteiger partial charge in [-0.3, -0.25) is 14.9 Å². The van der Waals surface area contributed by atoms with Gasteiger partial charge in [0.2, 0.25) is 0 Å². The molecule has 0 spiro atoms. The van der Waals surface area contributed by atoms with E-state index in [1.165, 1.54) is 0 Å². The van der Waals surface area contributed by atoms with Crippen molar-refractivity contribution in [1.82, 2.24) is 15.5 Å². The predicted molar refractivity (Wildman–Crippen MR) is 95.6 cm³/mol. The molecule has 3 rings (SSSR count). The second kappa shape index (κ2) is 7.27. The molecule has 2 fully saturated rings. The van der Waals surface area contributed by atoms with Gasteiger partial charge in [-0.05, 0) is 38.8 Å². The number of nitrogens with zero attached hydrogens (tertiary/aromatic N) is 2. The maximum absolute atomic E-state index is 12.8. The van der Waals surface area contributed by atoms with Gasteiger partial charge in [-0.15, -0.1) is 0 Å². The van der Waals surface area contributed by atoms with Crippen molar-refractivity contribution in [1.29, 1.82) is 5.26 Å². The molecule has 4 amide bonds. The lowest BCUT2D eigenvalue weighted by atomic mass is 9.80. The third kappa shape index (κ3) is 3.58. The average Bonchev–Trinajstić information content (AvgIpc) is 2.94. The number of para-hydroxylation sites is 1. The summed E-state index contributed by atoms with van der Waals surface area (Å²) >= 11 is 0. The number of amides is 4. The van der Waals surface area contributed by atoms with Crippen molar-refractivity contribution < 1.29 is 19.1 Å². The molecule has 8 heteroatoms. The molecule has 2 N–H and O–H groups in total. The van der Waals surface area contributed by atoms with Gasteiger partial charge in [0.05, 0.1) is 5.56 Å². The Hall–Kier alpha value is -3.08. The zero-order valence-electron chi connectivity index (χ0n) is 15.3. The van der Waals surface area contributed by atoms with Crippen molar-refractivity contribution in [3.05, 3.63) is 29.8 Å². The fourth-order valence-corrected chi connectivity index (χ4v) is 3.65. The molecule has 27 heavy (non-hydrogen) atoms. The molecule has 8 nitrogen and oxygen atoms in total. The molecular weight excluding hydrogens is 348 g/mol. The fraction of sp³-hybridized carbons (Fsp3) is 0.474. The van der Waals surface area contributed by atoms with Crippen LogP contribution in [0.2, 0.25) is 0 Å². The summed E-state index contributed by atoms with van der Waals surface area (Å²) in [5.41, 5.74) is -0.653. The third-order valence-electron chi connectivity index (χ3n) is 5.28. The molecule has 0 unspecified atom stereocenters. The Morgan fingerprint density at radius 3 is 2.81 bits per heavy atom. The SMILES string of the molecule is C[C@H](Oc1ccccc1C#N)C(=O)N1CCC[C@@H]([C@]2(C)NC(=O)NC2=O)C1. The largest absolute Gasteiger partial charge is 0.480 e. The number of benzene rings is 1. The smallest absolute Gasteiger partial charge is 0.322 e. The summed E-state index contributed by atoms with van der Waals surface area (Å²) in [7, 11) is 0. The monoisotopic (exact) mass is 370 g/mol. The van der Waals surface area contributed by atoms with Crippen LogP contribution in [0.1, 0.15) is 32.3 Å². The standard InChI is InChI=1S/C19H22N4O4/c1-12(27-15-8-4-3-6-13(15)10-20)16(24)23-9-5-7-14(11-23)19(2)17(25)21-18(26)22-19/h3-4,6,8,12,14H,5,7,9,11H2,1-2H3,(H2,21,22,25,26)/t12-,14+,19-/m0/s1. The lowest BCUT2D eigenvalue weighted by Crippen LogP contribution is -2.57. The van der Waals surface area contributed by atoms with Crippen LogP contribution in [0.15, 0.2) is 24.3 Å². The fourth-order valence-electron chi connectivity index (χ4n) is 3.65. The number of likely N-dealkylation sites (tertiary alicyclic amines) is 1. The van der Waals surface area contributed by atoms with Crippen molar-refractivity contribution in [3.8, 4) is 11.8 Å². The second-order valence-electron chi connectivity index (χ2n) is 7.10. The van der Waals surface area contributed by atoms with E-state index in [0.717, 1.165) is 12.8 Å².